The van der Waals surface area contributed by atoms with Crippen LogP contribution < -0.4 is 14.8 Å². The van der Waals surface area contributed by atoms with Gasteiger partial charge < -0.3 is 19.5 Å². The molecule has 0 spiro atoms. The molecule has 1 N–H and O–H groups in total. The molecule has 1 unspecified atom stereocenters. The number of esters is 1. The van der Waals surface area contributed by atoms with Crippen LogP contribution in [0.4, 0.5) is 5.69 Å². The largest absolute Gasteiger partial charge is 0.454 e. The average molecular weight is 425 g/mol. The van der Waals surface area contributed by atoms with Gasteiger partial charge in [0.25, 0.3) is 5.91 Å². The maximum atomic E-state index is 12.8. The molecule has 2 aliphatic rings. The number of fused-ring (bicyclic) bond motifs is 1. The maximum Gasteiger partial charge on any atom is 0.340 e. The molecule has 1 aromatic carbocycles. The second kappa shape index (κ2) is 8.24. The highest BCUT2D eigenvalue weighted by molar-refractivity contribution is 7.98. The van der Waals surface area contributed by atoms with Crippen LogP contribution in [-0.2, 0) is 9.53 Å². The van der Waals surface area contributed by atoms with E-state index < -0.39 is 18.0 Å². The minimum Gasteiger partial charge on any atom is -0.454 e. The molecule has 1 aromatic heterocycles. The molecule has 1 fully saturated rings. The number of aromatic nitrogens is 1. The molecule has 1 amide bonds. The van der Waals surface area contributed by atoms with Crippen molar-refractivity contribution >= 4 is 29.3 Å². The fourth-order valence-corrected chi connectivity index (χ4v) is 3.60. The lowest BCUT2D eigenvalue weighted by molar-refractivity contribution is -0.123. The number of carbonyl (C=O) groups excluding carboxylic acids is 2. The van der Waals surface area contributed by atoms with Gasteiger partial charge in [0.2, 0.25) is 6.79 Å². The zero-order valence-corrected chi connectivity index (χ0v) is 17.2. The van der Waals surface area contributed by atoms with Crippen molar-refractivity contribution < 1.29 is 23.8 Å². The zero-order valence-electron chi connectivity index (χ0n) is 16.4. The first kappa shape index (κ1) is 20.0. The van der Waals surface area contributed by atoms with Crippen molar-refractivity contribution in [2.75, 3.05) is 18.4 Å². The van der Waals surface area contributed by atoms with Crippen LogP contribution in [0.3, 0.4) is 0 Å². The summed E-state index contributed by atoms with van der Waals surface area (Å²) in [6.45, 7) is 1.61. The lowest BCUT2D eigenvalue weighted by Crippen LogP contribution is -2.30. The van der Waals surface area contributed by atoms with Gasteiger partial charge in [-0.2, -0.15) is 5.26 Å². The van der Waals surface area contributed by atoms with Crippen LogP contribution in [0.5, 0.6) is 11.5 Å². The van der Waals surface area contributed by atoms with Crippen LogP contribution in [0.15, 0.2) is 29.3 Å². The molecular formula is C21H19N3O5S. The smallest absolute Gasteiger partial charge is 0.340 e. The fourth-order valence-electron chi connectivity index (χ4n) is 3.04. The van der Waals surface area contributed by atoms with Gasteiger partial charge in [0.1, 0.15) is 11.1 Å². The van der Waals surface area contributed by atoms with Gasteiger partial charge in [0.05, 0.1) is 11.1 Å². The Labute approximate surface area is 177 Å². The van der Waals surface area contributed by atoms with E-state index in [1.807, 2.05) is 6.07 Å². The fraction of sp³-hybridized carbons (Fsp3) is 0.333. The van der Waals surface area contributed by atoms with Crippen LogP contribution >= 0.6 is 11.8 Å². The van der Waals surface area contributed by atoms with E-state index in [1.54, 1.807) is 30.5 Å². The summed E-state index contributed by atoms with van der Waals surface area (Å²) in [6.07, 6.45) is 2.76. The van der Waals surface area contributed by atoms with Crippen molar-refractivity contribution in [2.45, 2.75) is 36.8 Å². The van der Waals surface area contributed by atoms with E-state index in [-0.39, 0.29) is 17.9 Å². The third-order valence-electron chi connectivity index (χ3n) is 4.82. The Morgan fingerprint density at radius 2 is 2.07 bits per heavy atom. The molecule has 1 aliphatic heterocycles. The highest BCUT2D eigenvalue weighted by atomic mass is 32.2. The van der Waals surface area contributed by atoms with Gasteiger partial charge in [-0.3, -0.25) is 4.79 Å². The Kier molecular flexibility index (Phi) is 5.50. The highest BCUT2D eigenvalue weighted by Crippen LogP contribution is 2.40. The van der Waals surface area contributed by atoms with Crippen LogP contribution in [-0.4, -0.2) is 36.0 Å². The second-order valence-corrected chi connectivity index (χ2v) is 7.76. The number of carbonyl (C=O) groups is 2. The molecule has 0 radical (unpaired) electrons. The van der Waals surface area contributed by atoms with Crippen LogP contribution in [0, 0.1) is 11.3 Å². The Balaban J connectivity index is 1.48. The average Bonchev–Trinajstić information content (AvgIpc) is 3.50. The van der Waals surface area contributed by atoms with Crippen molar-refractivity contribution in [1.29, 1.82) is 5.26 Å². The van der Waals surface area contributed by atoms with E-state index in [0.717, 1.165) is 18.5 Å². The topological polar surface area (TPSA) is 111 Å². The van der Waals surface area contributed by atoms with Crippen molar-refractivity contribution in [3.8, 4) is 17.6 Å². The minimum absolute atomic E-state index is 0.134. The van der Waals surface area contributed by atoms with Gasteiger partial charge in [0, 0.05) is 23.4 Å². The summed E-state index contributed by atoms with van der Waals surface area (Å²) in [6, 6.07) is 8.65. The Bertz CT molecular complexity index is 1060. The lowest BCUT2D eigenvalue weighted by Gasteiger charge is -2.15. The number of ether oxygens (including phenoxy) is 3. The Morgan fingerprint density at radius 3 is 2.77 bits per heavy atom. The number of amides is 1. The SMILES string of the molecule is CSc1nc(C2CC2)cc(C(=O)OC(C)C(=O)Nc2ccc3c(c2)OCO3)c1C#N. The number of nitrogens with one attached hydrogen (secondary N) is 1. The van der Waals surface area contributed by atoms with Gasteiger partial charge in [-0.1, -0.05) is 0 Å². The molecule has 1 aliphatic carbocycles. The molecule has 9 heteroatoms. The first-order chi connectivity index (χ1) is 14.5. The number of rotatable bonds is 6. The predicted molar refractivity (Wildman–Crippen MR) is 109 cm³/mol. The van der Waals surface area contributed by atoms with Crippen molar-refractivity contribution in [3.05, 3.63) is 41.1 Å². The van der Waals surface area contributed by atoms with E-state index in [1.165, 1.54) is 18.7 Å². The predicted octanol–water partition coefficient (Wildman–Crippen LogP) is 3.47. The Morgan fingerprint density at radius 1 is 1.30 bits per heavy atom. The number of nitrogens with zero attached hydrogens (tertiary/aromatic N) is 2. The van der Waals surface area contributed by atoms with Gasteiger partial charge in [-0.25, -0.2) is 9.78 Å². The van der Waals surface area contributed by atoms with Crippen LogP contribution in [0.1, 0.15) is 47.3 Å². The standard InChI is InChI=1S/C21H19N3O5S/c1-11(19(25)23-13-5-6-17-18(7-13)28-10-27-17)29-21(26)14-8-16(12-3-4-12)24-20(30-2)15(14)9-22/h5-8,11-12H,3-4,10H2,1-2H3,(H,23,25). The first-order valence-corrected chi connectivity index (χ1v) is 10.6. The van der Waals surface area contributed by atoms with E-state index in [4.69, 9.17) is 14.2 Å². The van der Waals surface area contributed by atoms with E-state index in [0.29, 0.717) is 28.1 Å². The molecule has 1 atom stereocenters. The highest BCUT2D eigenvalue weighted by Gasteiger charge is 2.30. The normalized spacial score (nSPS) is 15.2. The quantitative estimate of drug-likeness (QED) is 0.553. The second-order valence-electron chi connectivity index (χ2n) is 6.97. The molecule has 2 aromatic rings. The minimum atomic E-state index is -1.07. The summed E-state index contributed by atoms with van der Waals surface area (Å²) in [7, 11) is 0. The third kappa shape index (κ3) is 4.04. The molecule has 30 heavy (non-hydrogen) atoms. The molecule has 2 heterocycles. The van der Waals surface area contributed by atoms with Crippen molar-refractivity contribution in [1.82, 2.24) is 4.98 Å². The number of hydrogen-bond acceptors (Lipinski definition) is 8. The summed E-state index contributed by atoms with van der Waals surface area (Å²) >= 11 is 1.30. The van der Waals surface area contributed by atoms with Gasteiger partial charge in [-0.05, 0) is 44.2 Å². The summed E-state index contributed by atoms with van der Waals surface area (Å²) in [5.74, 6) is 0.221. The molecule has 4 rings (SSSR count). The maximum absolute atomic E-state index is 12.8. The Hall–Kier alpha value is -3.25. The number of benzene rings is 1. The van der Waals surface area contributed by atoms with E-state index in [2.05, 4.69) is 10.3 Å². The van der Waals surface area contributed by atoms with Gasteiger partial charge in [0.15, 0.2) is 17.6 Å². The van der Waals surface area contributed by atoms with E-state index >= 15 is 0 Å². The molecular weight excluding hydrogens is 406 g/mol. The molecule has 154 valence electrons. The van der Waals surface area contributed by atoms with Gasteiger partial charge in [-0.15, -0.1) is 11.8 Å². The summed E-state index contributed by atoms with van der Waals surface area (Å²) in [4.78, 5) is 29.8. The molecule has 8 nitrogen and oxygen atoms in total. The number of thioether (sulfide) groups is 1. The first-order valence-electron chi connectivity index (χ1n) is 9.40. The van der Waals surface area contributed by atoms with E-state index in [9.17, 15) is 14.9 Å². The molecule has 0 saturated heterocycles. The van der Waals surface area contributed by atoms with Crippen LogP contribution in [0.2, 0.25) is 0 Å². The lowest BCUT2D eigenvalue weighted by atomic mass is 10.1. The summed E-state index contributed by atoms with van der Waals surface area (Å²) in [5.41, 5.74) is 1.58. The monoisotopic (exact) mass is 425 g/mol. The van der Waals surface area contributed by atoms with Crippen LogP contribution in [0.25, 0.3) is 0 Å². The zero-order chi connectivity index (χ0) is 21.3. The summed E-state index contributed by atoms with van der Waals surface area (Å²) in [5, 5.41) is 12.7. The molecule has 0 bridgehead atoms. The number of pyridine rings is 1. The van der Waals surface area contributed by atoms with Crippen molar-refractivity contribution in [2.24, 2.45) is 0 Å². The van der Waals surface area contributed by atoms with Gasteiger partial charge >= 0.3 is 5.97 Å². The van der Waals surface area contributed by atoms with Crippen molar-refractivity contribution in [3.63, 3.8) is 0 Å². The number of anilines is 1. The third-order valence-corrected chi connectivity index (χ3v) is 5.50. The number of nitriles is 1. The number of hydrogen-bond donors (Lipinski definition) is 1. The molecule has 1 saturated carbocycles. The summed E-state index contributed by atoms with van der Waals surface area (Å²) < 4.78 is 15.9.